The van der Waals surface area contributed by atoms with E-state index in [0.29, 0.717) is 18.1 Å². The number of nitrogens with one attached hydrogen (secondary N) is 4. The van der Waals surface area contributed by atoms with Crippen LogP contribution in [0.5, 0.6) is 0 Å². The first-order valence-electron chi connectivity index (χ1n) is 15.6. The lowest BCUT2D eigenvalue weighted by molar-refractivity contribution is -0.145. The summed E-state index contributed by atoms with van der Waals surface area (Å²) < 4.78 is 0. The minimum atomic E-state index is -1.10. The molecule has 45 heavy (non-hydrogen) atoms. The van der Waals surface area contributed by atoms with E-state index in [2.05, 4.69) is 26.3 Å². The number of Topliss-reactive ketones (excluding diaryl/α,β-unsaturated/α-hetero) is 1. The fraction of sp³-hybridized carbons (Fsp3) is 0.710. The van der Waals surface area contributed by atoms with Crippen LogP contribution in [-0.2, 0) is 24.0 Å². The monoisotopic (exact) mass is 645 g/mol. The van der Waals surface area contributed by atoms with Crippen molar-refractivity contribution >= 4 is 51.9 Å². The minimum Gasteiger partial charge on any atom is -0.363 e. The highest BCUT2D eigenvalue weighted by Crippen LogP contribution is 2.65. The number of hydrogen-bond acceptors (Lipinski definition) is 8. The van der Waals surface area contributed by atoms with Gasteiger partial charge in [-0.15, -0.1) is 11.3 Å². The van der Waals surface area contributed by atoms with Gasteiger partial charge in [-0.2, -0.15) is 0 Å². The Morgan fingerprint density at radius 1 is 1.09 bits per heavy atom. The fourth-order valence-corrected chi connectivity index (χ4v) is 7.20. The molecule has 6 atom stereocenters. The molecule has 248 valence electrons. The molecule has 0 bridgehead atoms. The molecule has 3 fully saturated rings. The van der Waals surface area contributed by atoms with Gasteiger partial charge in [-0.3, -0.25) is 24.0 Å². The molecule has 0 aromatic carbocycles. The Bertz CT molecular complexity index is 1320. The quantitative estimate of drug-likeness (QED) is 0.215. The molecular weight excluding hydrogens is 598 g/mol. The highest BCUT2D eigenvalue weighted by atomic mass is 32.1. The van der Waals surface area contributed by atoms with Crippen molar-refractivity contribution in [2.75, 3.05) is 11.9 Å². The number of carbonyl (C=O) groups excluding carboxylic acids is 6. The lowest BCUT2D eigenvalue weighted by Gasteiger charge is -2.38. The molecule has 2 aliphatic carbocycles. The lowest BCUT2D eigenvalue weighted by atomic mass is 9.80. The maximum absolute atomic E-state index is 14.2. The van der Waals surface area contributed by atoms with Crippen molar-refractivity contribution in [2.24, 2.45) is 40.2 Å². The van der Waals surface area contributed by atoms with Crippen LogP contribution in [0.15, 0.2) is 11.6 Å². The largest absolute Gasteiger partial charge is 0.363 e. The Morgan fingerprint density at radius 3 is 2.27 bits per heavy atom. The van der Waals surface area contributed by atoms with Gasteiger partial charge in [-0.05, 0) is 40.9 Å². The number of anilines is 1. The van der Waals surface area contributed by atoms with Gasteiger partial charge < -0.3 is 31.9 Å². The van der Waals surface area contributed by atoms with Gasteiger partial charge >= 0.3 is 6.03 Å². The highest BCUT2D eigenvalue weighted by molar-refractivity contribution is 7.13. The van der Waals surface area contributed by atoms with Crippen molar-refractivity contribution < 1.29 is 28.8 Å². The van der Waals surface area contributed by atoms with Crippen molar-refractivity contribution in [3.8, 4) is 0 Å². The fourth-order valence-electron chi connectivity index (χ4n) is 6.67. The molecule has 2 heterocycles. The van der Waals surface area contributed by atoms with Gasteiger partial charge in [0.1, 0.15) is 18.1 Å². The Hall–Kier alpha value is -3.55. The number of amides is 6. The van der Waals surface area contributed by atoms with Gasteiger partial charge in [0.2, 0.25) is 23.5 Å². The van der Waals surface area contributed by atoms with Gasteiger partial charge in [0, 0.05) is 18.1 Å². The van der Waals surface area contributed by atoms with Crippen LogP contribution in [-0.4, -0.2) is 76.0 Å². The smallest absolute Gasteiger partial charge is 0.316 e. The van der Waals surface area contributed by atoms with E-state index in [9.17, 15) is 28.8 Å². The van der Waals surface area contributed by atoms with Crippen molar-refractivity contribution in [2.45, 2.75) is 98.3 Å². The number of piperidine rings is 1. The summed E-state index contributed by atoms with van der Waals surface area (Å²) in [6, 6.07) is -4.58. The summed E-state index contributed by atoms with van der Waals surface area (Å²) in [5, 5.41) is 13.1. The van der Waals surface area contributed by atoms with E-state index in [1.807, 2.05) is 13.8 Å². The van der Waals surface area contributed by atoms with Crippen molar-refractivity contribution in [3.05, 3.63) is 11.6 Å². The van der Waals surface area contributed by atoms with E-state index in [1.165, 1.54) is 16.2 Å². The zero-order valence-electron chi connectivity index (χ0n) is 27.1. The summed E-state index contributed by atoms with van der Waals surface area (Å²) in [5.74, 6) is -3.47. The van der Waals surface area contributed by atoms with Crippen LogP contribution < -0.4 is 27.0 Å². The molecule has 1 aliphatic heterocycles. The number of nitrogens with zero attached hydrogens (tertiary/aromatic N) is 2. The van der Waals surface area contributed by atoms with Crippen molar-refractivity contribution in [3.63, 3.8) is 0 Å². The van der Waals surface area contributed by atoms with Crippen LogP contribution >= 0.6 is 11.3 Å². The second-order valence-electron chi connectivity index (χ2n) is 14.7. The number of hydrogen-bond donors (Lipinski definition) is 5. The number of thiazole rings is 1. The molecule has 13 nitrogen and oxygen atoms in total. The maximum atomic E-state index is 14.2. The molecule has 6 N–H and O–H groups in total. The van der Waals surface area contributed by atoms with Crippen molar-refractivity contribution in [1.29, 1.82) is 0 Å². The van der Waals surface area contributed by atoms with Crippen LogP contribution in [0, 0.1) is 34.5 Å². The Labute approximate surface area is 268 Å². The number of likely N-dealkylation sites (tertiary alicyclic amines) is 1. The molecule has 1 aromatic heterocycles. The normalized spacial score (nSPS) is 24.0. The van der Waals surface area contributed by atoms with E-state index in [1.54, 1.807) is 46.2 Å². The van der Waals surface area contributed by atoms with Gasteiger partial charge in [-0.25, -0.2) is 9.78 Å². The average Bonchev–Trinajstić information content (AvgIpc) is 3.34. The topological polar surface area (TPSA) is 193 Å². The molecule has 3 aliphatic rings. The van der Waals surface area contributed by atoms with Crippen LogP contribution in [0.2, 0.25) is 0 Å². The molecule has 1 aromatic rings. The Kier molecular flexibility index (Phi) is 9.96. The number of nitrogens with two attached hydrogens (primary N) is 1. The first-order chi connectivity index (χ1) is 20.9. The second kappa shape index (κ2) is 13.1. The molecule has 6 amide bonds. The molecular formula is C31H47N7O6S. The third kappa shape index (κ3) is 7.47. The zero-order valence-corrected chi connectivity index (χ0v) is 28.0. The van der Waals surface area contributed by atoms with Crippen LogP contribution in [0.4, 0.5) is 9.93 Å². The predicted molar refractivity (Wildman–Crippen MR) is 169 cm³/mol. The standard InChI is InChI=1S/C31H47N7O6S/c1-15(2)20(25(41)37-29-33-11-12-45-29)35-28(44)36-23(30(3,4)5)27(43)38-14-17-19(31(17,6)7)21(38)26(42)34-18(22(39)24(32)40)13-16-9-8-10-16/h11-12,15-21,23H,8-10,13-14H2,1-7H3,(H2,32,40)(H,34,42)(H,33,37,41)(H2,35,36,44)/t17-,18?,19-,20-,21-,23+/m0/s1. The summed E-state index contributed by atoms with van der Waals surface area (Å²) in [5.41, 5.74) is 4.35. The van der Waals surface area contributed by atoms with E-state index in [4.69, 9.17) is 5.73 Å². The Balaban J connectivity index is 1.51. The first kappa shape index (κ1) is 34.3. The predicted octanol–water partition coefficient (Wildman–Crippen LogP) is 2.03. The summed E-state index contributed by atoms with van der Waals surface area (Å²) in [4.78, 5) is 84.4. The second-order valence-corrected chi connectivity index (χ2v) is 15.6. The molecule has 2 saturated carbocycles. The SMILES string of the molecule is CC(C)[C@H](NC(=O)N[C@H](C(=O)N1C[C@H]2[C@@H]([C@H]1C(=O)NC(CC1CCC1)C(=O)C(N)=O)C2(C)C)C(C)(C)C)C(=O)Nc1nccs1. The van der Waals surface area contributed by atoms with Crippen LogP contribution in [0.25, 0.3) is 0 Å². The molecule has 4 rings (SSSR count). The highest BCUT2D eigenvalue weighted by Gasteiger charge is 2.70. The molecule has 0 radical (unpaired) electrons. The van der Waals surface area contributed by atoms with Gasteiger partial charge in [0.25, 0.3) is 5.91 Å². The third-order valence-corrected chi connectivity index (χ3v) is 10.4. The zero-order chi connectivity index (χ0) is 33.4. The Morgan fingerprint density at radius 2 is 1.76 bits per heavy atom. The third-order valence-electron chi connectivity index (χ3n) is 9.72. The number of fused-ring (bicyclic) bond motifs is 1. The van der Waals surface area contributed by atoms with E-state index >= 15 is 0 Å². The van der Waals surface area contributed by atoms with Gasteiger partial charge in [0.15, 0.2) is 5.13 Å². The summed E-state index contributed by atoms with van der Waals surface area (Å²) in [6.45, 7) is 13.4. The minimum absolute atomic E-state index is 0.0587. The number of aromatic nitrogens is 1. The van der Waals surface area contributed by atoms with E-state index in [-0.39, 0.29) is 29.1 Å². The maximum Gasteiger partial charge on any atom is 0.316 e. The molecule has 0 spiro atoms. The molecule has 14 heteroatoms. The summed E-state index contributed by atoms with van der Waals surface area (Å²) >= 11 is 1.25. The summed E-state index contributed by atoms with van der Waals surface area (Å²) in [6.07, 6.45) is 4.74. The number of primary amides is 1. The molecule has 1 unspecified atom stereocenters. The van der Waals surface area contributed by atoms with Crippen LogP contribution in [0.3, 0.4) is 0 Å². The average molecular weight is 646 g/mol. The number of rotatable bonds is 12. The van der Waals surface area contributed by atoms with Crippen LogP contribution in [0.1, 0.15) is 74.1 Å². The lowest BCUT2D eigenvalue weighted by Crippen LogP contribution is -2.62. The van der Waals surface area contributed by atoms with E-state index in [0.717, 1.165) is 19.3 Å². The first-order valence-corrected chi connectivity index (χ1v) is 16.5. The number of carbonyl (C=O) groups is 6. The summed E-state index contributed by atoms with van der Waals surface area (Å²) in [7, 11) is 0. The number of ketones is 1. The number of urea groups is 1. The van der Waals surface area contributed by atoms with Crippen molar-refractivity contribution in [1.82, 2.24) is 25.8 Å². The molecule has 1 saturated heterocycles. The van der Waals surface area contributed by atoms with Gasteiger partial charge in [0.05, 0.1) is 6.04 Å². The van der Waals surface area contributed by atoms with Gasteiger partial charge in [-0.1, -0.05) is 67.7 Å². The van der Waals surface area contributed by atoms with E-state index < -0.39 is 65.0 Å².